The van der Waals surface area contributed by atoms with Gasteiger partial charge < -0.3 is 4.74 Å². The maximum absolute atomic E-state index is 11.3. The first kappa shape index (κ1) is 10.7. The zero-order valence-corrected chi connectivity index (χ0v) is 8.71. The Labute approximate surface area is 80.7 Å². The Morgan fingerprint density at radius 3 is 2.46 bits per heavy atom. The number of rotatable bonds is 4. The van der Waals surface area contributed by atoms with Gasteiger partial charge in [0.25, 0.3) is 0 Å². The molecule has 0 aliphatic heterocycles. The van der Waals surface area contributed by atoms with Gasteiger partial charge in [-0.1, -0.05) is 19.3 Å². The van der Waals surface area contributed by atoms with E-state index in [2.05, 4.69) is 0 Å². The van der Waals surface area contributed by atoms with Crippen molar-refractivity contribution in [3.63, 3.8) is 0 Å². The first-order valence-corrected chi connectivity index (χ1v) is 5.37. The van der Waals surface area contributed by atoms with E-state index in [0.717, 1.165) is 0 Å². The van der Waals surface area contributed by atoms with E-state index in [0.29, 0.717) is 12.5 Å². The number of hydrogen-bond donors (Lipinski definition) is 0. The first-order chi connectivity index (χ1) is 6.25. The largest absolute Gasteiger partial charge is 0.370 e. The highest BCUT2D eigenvalue weighted by atomic mass is 16.5. The highest BCUT2D eigenvalue weighted by Crippen LogP contribution is 2.28. The van der Waals surface area contributed by atoms with Crippen LogP contribution in [0.15, 0.2) is 0 Å². The zero-order chi connectivity index (χ0) is 9.68. The van der Waals surface area contributed by atoms with E-state index in [9.17, 15) is 4.79 Å². The first-order valence-electron chi connectivity index (χ1n) is 5.37. The summed E-state index contributed by atoms with van der Waals surface area (Å²) < 4.78 is 5.49. The van der Waals surface area contributed by atoms with Crippen molar-refractivity contribution >= 4 is 5.78 Å². The van der Waals surface area contributed by atoms with E-state index in [1.807, 2.05) is 6.92 Å². The zero-order valence-electron chi connectivity index (χ0n) is 8.71. The molecule has 0 spiro atoms. The van der Waals surface area contributed by atoms with Gasteiger partial charge in [-0.15, -0.1) is 0 Å². The van der Waals surface area contributed by atoms with Crippen LogP contribution in [0.25, 0.3) is 0 Å². The average molecular weight is 184 g/mol. The number of Topliss-reactive ketones (excluding diaryl/α,β-unsaturated/α-hetero) is 1. The molecule has 0 radical (unpaired) electrons. The van der Waals surface area contributed by atoms with Crippen LogP contribution >= 0.6 is 0 Å². The SMILES string of the molecule is CCOC(C(C)=O)C1CCCCC1. The molecule has 0 saturated heterocycles. The molecule has 0 amide bonds. The second kappa shape index (κ2) is 5.38. The molecule has 0 aromatic rings. The van der Waals surface area contributed by atoms with E-state index in [1.54, 1.807) is 6.92 Å². The molecule has 1 rings (SSSR count). The van der Waals surface area contributed by atoms with Gasteiger partial charge in [0.15, 0.2) is 5.78 Å². The van der Waals surface area contributed by atoms with Crippen molar-refractivity contribution in [1.82, 2.24) is 0 Å². The van der Waals surface area contributed by atoms with Crippen molar-refractivity contribution in [2.75, 3.05) is 6.61 Å². The van der Waals surface area contributed by atoms with Gasteiger partial charge in [-0.25, -0.2) is 0 Å². The van der Waals surface area contributed by atoms with Crippen molar-refractivity contribution in [2.45, 2.75) is 52.1 Å². The van der Waals surface area contributed by atoms with Crippen LogP contribution in [0.2, 0.25) is 0 Å². The molecular weight excluding hydrogens is 164 g/mol. The summed E-state index contributed by atoms with van der Waals surface area (Å²) in [5.74, 6) is 0.694. The Morgan fingerprint density at radius 1 is 1.38 bits per heavy atom. The maximum atomic E-state index is 11.3. The molecule has 1 atom stereocenters. The molecule has 1 saturated carbocycles. The molecule has 1 unspecified atom stereocenters. The summed E-state index contributed by atoms with van der Waals surface area (Å²) in [6, 6.07) is 0. The van der Waals surface area contributed by atoms with Crippen LogP contribution in [0.3, 0.4) is 0 Å². The molecule has 0 heterocycles. The van der Waals surface area contributed by atoms with Crippen LogP contribution in [0, 0.1) is 5.92 Å². The van der Waals surface area contributed by atoms with Crippen LogP contribution in [-0.2, 0) is 9.53 Å². The third-order valence-corrected chi connectivity index (χ3v) is 2.82. The van der Waals surface area contributed by atoms with Gasteiger partial charge in [0, 0.05) is 6.61 Å². The quantitative estimate of drug-likeness (QED) is 0.671. The summed E-state index contributed by atoms with van der Waals surface area (Å²) in [6.07, 6.45) is 6.08. The van der Waals surface area contributed by atoms with Gasteiger partial charge in [0.2, 0.25) is 0 Å². The Hall–Kier alpha value is -0.370. The van der Waals surface area contributed by atoms with E-state index in [1.165, 1.54) is 32.1 Å². The molecular formula is C11H20O2. The highest BCUT2D eigenvalue weighted by Gasteiger charge is 2.27. The molecule has 1 aliphatic rings. The summed E-state index contributed by atoms with van der Waals surface area (Å²) >= 11 is 0. The molecule has 1 fully saturated rings. The Bertz CT molecular complexity index is 159. The van der Waals surface area contributed by atoms with Crippen LogP contribution in [0.5, 0.6) is 0 Å². The topological polar surface area (TPSA) is 26.3 Å². The van der Waals surface area contributed by atoms with E-state index >= 15 is 0 Å². The van der Waals surface area contributed by atoms with E-state index in [-0.39, 0.29) is 11.9 Å². The minimum atomic E-state index is -0.120. The fourth-order valence-electron chi connectivity index (χ4n) is 2.20. The van der Waals surface area contributed by atoms with Crippen LogP contribution < -0.4 is 0 Å². The number of carbonyl (C=O) groups excluding carboxylic acids is 1. The molecule has 1 aliphatic carbocycles. The monoisotopic (exact) mass is 184 g/mol. The number of hydrogen-bond acceptors (Lipinski definition) is 2. The molecule has 0 bridgehead atoms. The molecule has 0 N–H and O–H groups in total. The molecule has 0 aromatic heterocycles. The third-order valence-electron chi connectivity index (χ3n) is 2.82. The van der Waals surface area contributed by atoms with Gasteiger partial charge in [0.1, 0.15) is 6.10 Å². The Kier molecular flexibility index (Phi) is 4.43. The Balaban J connectivity index is 2.46. The summed E-state index contributed by atoms with van der Waals surface area (Å²) in [7, 11) is 0. The van der Waals surface area contributed by atoms with E-state index in [4.69, 9.17) is 4.74 Å². The van der Waals surface area contributed by atoms with Gasteiger partial charge in [-0.2, -0.15) is 0 Å². The number of ether oxygens (including phenoxy) is 1. The number of carbonyl (C=O) groups is 1. The second-order valence-electron chi connectivity index (χ2n) is 3.88. The Morgan fingerprint density at radius 2 is 2.00 bits per heavy atom. The summed E-state index contributed by atoms with van der Waals surface area (Å²) in [5.41, 5.74) is 0. The average Bonchev–Trinajstić information content (AvgIpc) is 2.15. The predicted octanol–water partition coefficient (Wildman–Crippen LogP) is 2.56. The molecule has 76 valence electrons. The maximum Gasteiger partial charge on any atom is 0.158 e. The van der Waals surface area contributed by atoms with E-state index < -0.39 is 0 Å². The summed E-state index contributed by atoms with van der Waals surface area (Å²) in [5, 5.41) is 0. The van der Waals surface area contributed by atoms with Crippen molar-refractivity contribution in [2.24, 2.45) is 5.92 Å². The van der Waals surface area contributed by atoms with Crippen molar-refractivity contribution in [1.29, 1.82) is 0 Å². The van der Waals surface area contributed by atoms with Crippen molar-refractivity contribution in [3.05, 3.63) is 0 Å². The fourth-order valence-corrected chi connectivity index (χ4v) is 2.20. The number of ketones is 1. The highest BCUT2D eigenvalue weighted by molar-refractivity contribution is 5.80. The molecule has 2 heteroatoms. The smallest absolute Gasteiger partial charge is 0.158 e. The van der Waals surface area contributed by atoms with Gasteiger partial charge in [-0.05, 0) is 32.6 Å². The van der Waals surface area contributed by atoms with Crippen molar-refractivity contribution < 1.29 is 9.53 Å². The molecule has 13 heavy (non-hydrogen) atoms. The minimum absolute atomic E-state index is 0.120. The summed E-state index contributed by atoms with van der Waals surface area (Å²) in [4.78, 5) is 11.3. The van der Waals surface area contributed by atoms with Gasteiger partial charge >= 0.3 is 0 Å². The van der Waals surface area contributed by atoms with Crippen LogP contribution in [-0.4, -0.2) is 18.5 Å². The van der Waals surface area contributed by atoms with Crippen molar-refractivity contribution in [3.8, 4) is 0 Å². The molecule has 2 nitrogen and oxygen atoms in total. The second-order valence-corrected chi connectivity index (χ2v) is 3.88. The van der Waals surface area contributed by atoms with Gasteiger partial charge in [0.05, 0.1) is 0 Å². The lowest BCUT2D eigenvalue weighted by atomic mass is 9.84. The van der Waals surface area contributed by atoms with Crippen LogP contribution in [0.1, 0.15) is 46.0 Å². The minimum Gasteiger partial charge on any atom is -0.370 e. The predicted molar refractivity (Wildman–Crippen MR) is 52.7 cm³/mol. The normalized spacial score (nSPS) is 21.4. The lowest BCUT2D eigenvalue weighted by molar-refractivity contribution is -0.132. The lowest BCUT2D eigenvalue weighted by Crippen LogP contribution is -2.32. The standard InChI is InChI=1S/C11H20O2/c1-3-13-11(9(2)12)10-7-5-4-6-8-10/h10-11H,3-8H2,1-2H3. The van der Waals surface area contributed by atoms with Gasteiger partial charge in [-0.3, -0.25) is 4.79 Å². The fraction of sp³-hybridized carbons (Fsp3) is 0.909. The summed E-state index contributed by atoms with van der Waals surface area (Å²) in [6.45, 7) is 4.26. The lowest BCUT2D eigenvalue weighted by Gasteiger charge is -2.28. The third kappa shape index (κ3) is 3.11. The molecule has 0 aromatic carbocycles. The van der Waals surface area contributed by atoms with Crippen LogP contribution in [0.4, 0.5) is 0 Å².